The summed E-state index contributed by atoms with van der Waals surface area (Å²) in [5.74, 6) is -9.69. The molecule has 0 fully saturated rings. The van der Waals surface area contributed by atoms with Crippen LogP contribution in [0.2, 0.25) is 0 Å². The lowest BCUT2D eigenvalue weighted by atomic mass is 9.81. The van der Waals surface area contributed by atoms with E-state index in [0.29, 0.717) is 0 Å². The highest BCUT2D eigenvalue weighted by molar-refractivity contribution is 5.96. The van der Waals surface area contributed by atoms with Crippen molar-refractivity contribution in [2.24, 2.45) is 0 Å². The van der Waals surface area contributed by atoms with Gasteiger partial charge in [0.2, 0.25) is 0 Å². The number of hydrogen-bond acceptors (Lipinski definition) is 4. The van der Waals surface area contributed by atoms with E-state index in [1.807, 2.05) is 0 Å². The Kier molecular flexibility index (Phi) is 4.32. The van der Waals surface area contributed by atoms with Gasteiger partial charge in [-0.2, -0.15) is 0 Å². The summed E-state index contributed by atoms with van der Waals surface area (Å²) in [6.45, 7) is 0. The fourth-order valence-electron chi connectivity index (χ4n) is 1.19. The summed E-state index contributed by atoms with van der Waals surface area (Å²) in [6.07, 6.45) is -4.06. The third-order valence-electron chi connectivity index (χ3n) is 2.10. The molecule has 8 nitrogen and oxygen atoms in total. The van der Waals surface area contributed by atoms with Crippen LogP contribution >= 0.6 is 0 Å². The van der Waals surface area contributed by atoms with Crippen LogP contribution in [0.25, 0.3) is 0 Å². The van der Waals surface area contributed by atoms with Crippen molar-refractivity contribution >= 4 is 23.9 Å². The van der Waals surface area contributed by atoms with E-state index in [2.05, 4.69) is 0 Å². The van der Waals surface area contributed by atoms with E-state index < -0.39 is 48.1 Å². The summed E-state index contributed by atoms with van der Waals surface area (Å²) in [5.41, 5.74) is -8.80. The van der Waals surface area contributed by atoms with Crippen LogP contribution in [0, 0.1) is 0 Å². The Morgan fingerprint density at radius 3 is 1.06 bits per heavy atom. The van der Waals surface area contributed by atoms with Gasteiger partial charge in [0.25, 0.3) is 11.3 Å². The van der Waals surface area contributed by atoms with Gasteiger partial charge in [0, 0.05) is 0 Å². The van der Waals surface area contributed by atoms with E-state index in [-0.39, 0.29) is 0 Å². The van der Waals surface area contributed by atoms with Crippen molar-refractivity contribution in [1.29, 1.82) is 0 Å². The van der Waals surface area contributed by atoms with Crippen molar-refractivity contribution in [2.75, 3.05) is 0 Å². The number of alkyl halides is 2. The first-order chi connectivity index (χ1) is 7.97. The van der Waals surface area contributed by atoms with E-state index >= 15 is 0 Å². The van der Waals surface area contributed by atoms with Gasteiger partial charge in [0.1, 0.15) is 0 Å². The molecule has 0 spiro atoms. The molecule has 0 rings (SSSR count). The largest absolute Gasteiger partial charge is 0.481 e. The van der Waals surface area contributed by atoms with Gasteiger partial charge in [0.15, 0.2) is 0 Å². The van der Waals surface area contributed by atoms with Crippen LogP contribution in [-0.2, 0) is 19.2 Å². The molecule has 0 heterocycles. The molecule has 0 radical (unpaired) electrons. The van der Waals surface area contributed by atoms with Gasteiger partial charge in [0.05, 0.1) is 12.8 Å². The third-order valence-corrected chi connectivity index (χ3v) is 2.10. The van der Waals surface area contributed by atoms with Gasteiger partial charge >= 0.3 is 23.9 Å². The number of carboxylic acid groups (broad SMARTS) is 4. The summed E-state index contributed by atoms with van der Waals surface area (Å²) in [5, 5.41) is 33.4. The molecule has 18 heavy (non-hydrogen) atoms. The molecular weight excluding hydrogens is 262 g/mol. The second-order valence-corrected chi connectivity index (χ2v) is 3.35. The zero-order valence-electron chi connectivity index (χ0n) is 8.59. The number of carboxylic acids is 4. The molecule has 0 aromatic heterocycles. The molecule has 0 amide bonds. The molecule has 102 valence electrons. The minimum atomic E-state index is -4.40. The summed E-state index contributed by atoms with van der Waals surface area (Å²) >= 11 is 0. The average molecular weight is 270 g/mol. The van der Waals surface area contributed by atoms with E-state index in [9.17, 15) is 28.0 Å². The Labute approximate surface area is 97.4 Å². The number of rotatable bonds is 7. The van der Waals surface area contributed by atoms with Gasteiger partial charge in [-0.1, -0.05) is 0 Å². The summed E-state index contributed by atoms with van der Waals surface area (Å²) in [4.78, 5) is 41.6. The second kappa shape index (κ2) is 4.94. The monoisotopic (exact) mass is 270 g/mol. The minimum Gasteiger partial charge on any atom is -0.481 e. The standard InChI is InChI=1S/C8H8F2O8/c9-7(5(15)16,1-3(11)12)8(10,6(17)18)2-4(13)14/h1-2H2,(H,11,12)(H,13,14)(H,15,16)(H,17,18). The van der Waals surface area contributed by atoms with Crippen LogP contribution in [0.1, 0.15) is 12.8 Å². The van der Waals surface area contributed by atoms with Crippen molar-refractivity contribution < 1.29 is 48.4 Å². The summed E-state index contributed by atoms with van der Waals surface area (Å²) in [6, 6.07) is 0. The van der Waals surface area contributed by atoms with E-state index in [1.165, 1.54) is 0 Å². The molecule has 0 bridgehead atoms. The van der Waals surface area contributed by atoms with Crippen LogP contribution < -0.4 is 0 Å². The molecule has 0 aromatic rings. The molecule has 0 aromatic carbocycles. The first kappa shape index (κ1) is 15.7. The number of halogens is 2. The first-order valence-corrected chi connectivity index (χ1v) is 4.25. The Bertz CT molecular complexity index is 370. The van der Waals surface area contributed by atoms with E-state index in [0.717, 1.165) is 0 Å². The summed E-state index contributed by atoms with van der Waals surface area (Å²) < 4.78 is 27.7. The highest BCUT2D eigenvalue weighted by atomic mass is 19.2. The predicted molar refractivity (Wildman–Crippen MR) is 47.5 cm³/mol. The Morgan fingerprint density at radius 1 is 0.722 bits per heavy atom. The van der Waals surface area contributed by atoms with Crippen molar-refractivity contribution in [3.63, 3.8) is 0 Å². The van der Waals surface area contributed by atoms with Crippen molar-refractivity contribution in [2.45, 2.75) is 24.2 Å². The maximum Gasteiger partial charge on any atom is 0.346 e. The van der Waals surface area contributed by atoms with E-state index in [4.69, 9.17) is 20.4 Å². The van der Waals surface area contributed by atoms with Gasteiger partial charge in [-0.3, -0.25) is 9.59 Å². The summed E-state index contributed by atoms with van der Waals surface area (Å²) in [7, 11) is 0. The molecule has 0 saturated carbocycles. The minimum absolute atomic E-state index is 2.03. The fourth-order valence-corrected chi connectivity index (χ4v) is 1.19. The Balaban J connectivity index is 5.78. The molecule has 0 aliphatic rings. The van der Waals surface area contributed by atoms with Crippen LogP contribution in [0.5, 0.6) is 0 Å². The fraction of sp³-hybridized carbons (Fsp3) is 0.500. The van der Waals surface area contributed by atoms with Crippen molar-refractivity contribution in [1.82, 2.24) is 0 Å². The number of hydrogen-bond donors (Lipinski definition) is 4. The third kappa shape index (κ3) is 2.70. The zero-order chi connectivity index (χ0) is 14.7. The molecule has 2 atom stereocenters. The van der Waals surface area contributed by atoms with Gasteiger partial charge in [-0.15, -0.1) is 0 Å². The van der Waals surface area contributed by atoms with Crippen LogP contribution in [-0.4, -0.2) is 55.6 Å². The molecule has 0 aliphatic carbocycles. The molecule has 2 unspecified atom stereocenters. The maximum atomic E-state index is 13.8. The lowest BCUT2D eigenvalue weighted by Crippen LogP contribution is -2.60. The first-order valence-electron chi connectivity index (χ1n) is 4.25. The molecular formula is C8H8F2O8. The topological polar surface area (TPSA) is 149 Å². The average Bonchev–Trinajstić information content (AvgIpc) is 2.14. The highest BCUT2D eigenvalue weighted by Crippen LogP contribution is 2.37. The maximum absolute atomic E-state index is 13.8. The van der Waals surface area contributed by atoms with Crippen LogP contribution in [0.4, 0.5) is 8.78 Å². The molecule has 4 N–H and O–H groups in total. The van der Waals surface area contributed by atoms with Gasteiger partial charge in [-0.05, 0) is 0 Å². The number of carbonyl (C=O) groups is 4. The van der Waals surface area contributed by atoms with Gasteiger partial charge in [-0.25, -0.2) is 18.4 Å². The quantitative estimate of drug-likeness (QED) is 0.484. The van der Waals surface area contributed by atoms with E-state index in [1.54, 1.807) is 0 Å². The van der Waals surface area contributed by atoms with Crippen molar-refractivity contribution in [3.05, 3.63) is 0 Å². The molecule has 10 heteroatoms. The Morgan fingerprint density at radius 2 is 0.944 bits per heavy atom. The normalized spacial score (nSPS) is 17.2. The Hall–Kier alpha value is -2.26. The lowest BCUT2D eigenvalue weighted by Gasteiger charge is -2.30. The smallest absolute Gasteiger partial charge is 0.346 e. The molecule has 0 aliphatic heterocycles. The zero-order valence-corrected chi connectivity index (χ0v) is 8.59. The predicted octanol–water partition coefficient (Wildman–Crippen LogP) is -0.478. The SMILES string of the molecule is O=C(O)CC(F)(C(=O)O)C(F)(CC(=O)O)C(=O)O. The van der Waals surface area contributed by atoms with Crippen LogP contribution in [0.3, 0.4) is 0 Å². The second-order valence-electron chi connectivity index (χ2n) is 3.35. The molecule has 0 saturated heterocycles. The van der Waals surface area contributed by atoms with Gasteiger partial charge < -0.3 is 20.4 Å². The van der Waals surface area contributed by atoms with Crippen LogP contribution in [0.15, 0.2) is 0 Å². The van der Waals surface area contributed by atoms with Crippen molar-refractivity contribution in [3.8, 4) is 0 Å². The lowest BCUT2D eigenvalue weighted by molar-refractivity contribution is -0.187. The number of aliphatic carboxylic acids is 4. The highest BCUT2D eigenvalue weighted by Gasteiger charge is 2.66.